The number of hydrogen-bond acceptors (Lipinski definition) is 3. The van der Waals surface area contributed by atoms with Crippen molar-refractivity contribution in [2.24, 2.45) is 0 Å². The molecule has 4 nitrogen and oxygen atoms in total. The second kappa shape index (κ2) is 5.93. The molecule has 0 spiro atoms. The highest BCUT2D eigenvalue weighted by Crippen LogP contribution is 2.32. The highest BCUT2D eigenvalue weighted by molar-refractivity contribution is 5.94. The van der Waals surface area contributed by atoms with E-state index in [1.165, 1.54) is 0 Å². The Hall–Kier alpha value is -1.76. The molecule has 21 heavy (non-hydrogen) atoms. The average molecular weight is 304 g/mol. The number of hydrogen-bond donors (Lipinski definition) is 2. The molecule has 0 bridgehead atoms. The lowest BCUT2D eigenvalue weighted by Crippen LogP contribution is -2.44. The van der Waals surface area contributed by atoms with Gasteiger partial charge in [-0.05, 0) is 46.1 Å². The first-order valence-corrected chi connectivity index (χ1v) is 6.31. The molecule has 2 N–H and O–H groups in total. The zero-order chi connectivity index (χ0) is 16.4. The van der Waals surface area contributed by atoms with Crippen LogP contribution in [0.2, 0.25) is 0 Å². The summed E-state index contributed by atoms with van der Waals surface area (Å²) in [5.41, 5.74) is -1.47. The fourth-order valence-electron chi connectivity index (χ4n) is 1.52. The van der Waals surface area contributed by atoms with Crippen molar-refractivity contribution < 1.29 is 23.1 Å². The highest BCUT2D eigenvalue weighted by Gasteiger charge is 2.32. The van der Waals surface area contributed by atoms with E-state index >= 15 is 0 Å². The first kappa shape index (κ1) is 17.3. The van der Waals surface area contributed by atoms with Crippen molar-refractivity contribution in [3.63, 3.8) is 0 Å². The molecule has 7 heteroatoms. The van der Waals surface area contributed by atoms with Crippen molar-refractivity contribution in [2.75, 3.05) is 26.0 Å². The minimum atomic E-state index is -4.56. The van der Waals surface area contributed by atoms with Crippen LogP contribution >= 0.6 is 0 Å². The fraction of sp³-hybridized carbons (Fsp3) is 0.500. The quantitative estimate of drug-likeness (QED) is 0.877. The number of carbonyl (C=O) groups is 1. The molecule has 1 aromatic carbocycles. The Labute approximate surface area is 121 Å². The lowest BCUT2D eigenvalue weighted by atomic mass is 10.0. The van der Waals surface area contributed by atoms with Gasteiger partial charge in [-0.2, -0.15) is 13.2 Å². The standard InChI is InChI=1S/C14H19F3N2O2/c1-13(2,19(3)4)8-18-11-6-5-9(14(15,16)17)7-10(11)12(20)21/h5-7,18H,8H2,1-4H3,(H,20,21). The Balaban J connectivity index is 3.06. The summed E-state index contributed by atoms with van der Waals surface area (Å²) in [4.78, 5) is 13.1. The van der Waals surface area contributed by atoms with Crippen molar-refractivity contribution in [1.29, 1.82) is 0 Å². The summed E-state index contributed by atoms with van der Waals surface area (Å²) in [5, 5.41) is 12.0. The third kappa shape index (κ3) is 4.35. The maximum atomic E-state index is 12.6. The van der Waals surface area contributed by atoms with Gasteiger partial charge in [-0.25, -0.2) is 4.79 Å². The topological polar surface area (TPSA) is 52.6 Å². The van der Waals surface area contributed by atoms with Crippen molar-refractivity contribution >= 4 is 11.7 Å². The molecule has 0 atom stereocenters. The molecule has 0 radical (unpaired) electrons. The number of alkyl halides is 3. The number of halogens is 3. The molecule has 0 heterocycles. The number of aromatic carboxylic acids is 1. The summed E-state index contributed by atoms with van der Waals surface area (Å²) >= 11 is 0. The lowest BCUT2D eigenvalue weighted by Gasteiger charge is -2.33. The molecule has 1 aromatic rings. The molecule has 0 aromatic heterocycles. The summed E-state index contributed by atoms with van der Waals surface area (Å²) in [5.74, 6) is -1.40. The molecule has 0 aliphatic carbocycles. The van der Waals surface area contributed by atoms with E-state index in [0.717, 1.165) is 12.1 Å². The molecular formula is C14H19F3N2O2. The van der Waals surface area contributed by atoms with Crippen LogP contribution in [0.5, 0.6) is 0 Å². The zero-order valence-corrected chi connectivity index (χ0v) is 12.4. The Morgan fingerprint density at radius 2 is 1.86 bits per heavy atom. The van der Waals surface area contributed by atoms with E-state index in [1.807, 2.05) is 32.8 Å². The van der Waals surface area contributed by atoms with Gasteiger partial charge in [0.25, 0.3) is 0 Å². The van der Waals surface area contributed by atoms with Crippen LogP contribution in [0.25, 0.3) is 0 Å². The summed E-state index contributed by atoms with van der Waals surface area (Å²) in [6, 6.07) is 2.67. The highest BCUT2D eigenvalue weighted by atomic mass is 19.4. The van der Waals surface area contributed by atoms with Crippen LogP contribution in [0, 0.1) is 0 Å². The maximum Gasteiger partial charge on any atom is 0.416 e. The number of nitrogens with one attached hydrogen (secondary N) is 1. The monoisotopic (exact) mass is 304 g/mol. The maximum absolute atomic E-state index is 12.6. The van der Waals surface area contributed by atoms with E-state index in [9.17, 15) is 18.0 Å². The first-order valence-electron chi connectivity index (χ1n) is 6.31. The molecule has 0 unspecified atom stereocenters. The number of carboxylic acids is 1. The van der Waals surface area contributed by atoms with Crippen LogP contribution in [0.15, 0.2) is 18.2 Å². The summed E-state index contributed by atoms with van der Waals surface area (Å²) in [6.07, 6.45) is -4.56. The van der Waals surface area contributed by atoms with E-state index in [-0.39, 0.29) is 16.8 Å². The Morgan fingerprint density at radius 3 is 2.29 bits per heavy atom. The second-order valence-electron chi connectivity index (χ2n) is 5.62. The van der Waals surface area contributed by atoms with Gasteiger partial charge in [0.1, 0.15) is 0 Å². The molecular weight excluding hydrogens is 285 g/mol. The van der Waals surface area contributed by atoms with Crippen LogP contribution in [-0.4, -0.2) is 42.2 Å². The summed E-state index contributed by atoms with van der Waals surface area (Å²) < 4.78 is 37.9. The number of benzene rings is 1. The number of rotatable bonds is 5. The summed E-state index contributed by atoms with van der Waals surface area (Å²) in [6.45, 7) is 4.26. The normalized spacial score (nSPS) is 12.6. The molecule has 0 saturated carbocycles. The number of carboxylic acid groups (broad SMARTS) is 1. The second-order valence-corrected chi connectivity index (χ2v) is 5.62. The predicted molar refractivity (Wildman–Crippen MR) is 74.7 cm³/mol. The molecule has 0 saturated heterocycles. The van der Waals surface area contributed by atoms with Gasteiger partial charge in [0.15, 0.2) is 0 Å². The van der Waals surface area contributed by atoms with Crippen molar-refractivity contribution in [3.05, 3.63) is 29.3 Å². The molecule has 0 aliphatic heterocycles. The van der Waals surface area contributed by atoms with Crippen molar-refractivity contribution in [1.82, 2.24) is 4.90 Å². The van der Waals surface area contributed by atoms with Gasteiger partial charge in [-0.3, -0.25) is 0 Å². The number of likely N-dealkylation sites (N-methyl/N-ethyl adjacent to an activating group) is 1. The van der Waals surface area contributed by atoms with Gasteiger partial charge in [0.2, 0.25) is 0 Å². The molecule has 1 rings (SSSR count). The zero-order valence-electron chi connectivity index (χ0n) is 12.4. The average Bonchev–Trinajstić information content (AvgIpc) is 2.34. The SMILES string of the molecule is CN(C)C(C)(C)CNc1ccc(C(F)(F)F)cc1C(=O)O. The molecule has 118 valence electrons. The van der Waals surface area contributed by atoms with Gasteiger partial charge in [0, 0.05) is 17.8 Å². The first-order chi connectivity index (χ1) is 9.45. The van der Waals surface area contributed by atoms with Crippen molar-refractivity contribution in [2.45, 2.75) is 25.6 Å². The molecule has 0 amide bonds. The van der Waals surface area contributed by atoms with Crippen LogP contribution in [-0.2, 0) is 6.18 Å². The van der Waals surface area contributed by atoms with Crippen LogP contribution in [0.4, 0.5) is 18.9 Å². The minimum absolute atomic E-state index is 0.172. The van der Waals surface area contributed by atoms with Gasteiger partial charge in [-0.1, -0.05) is 0 Å². The van der Waals surface area contributed by atoms with E-state index in [4.69, 9.17) is 5.11 Å². The number of anilines is 1. The van der Waals surface area contributed by atoms with E-state index in [0.29, 0.717) is 12.6 Å². The fourth-order valence-corrected chi connectivity index (χ4v) is 1.52. The Kier molecular flexibility index (Phi) is 4.88. The van der Waals surface area contributed by atoms with Crippen LogP contribution < -0.4 is 5.32 Å². The van der Waals surface area contributed by atoms with E-state index < -0.39 is 17.7 Å². The van der Waals surface area contributed by atoms with E-state index in [1.54, 1.807) is 0 Å². The predicted octanol–water partition coefficient (Wildman–Crippen LogP) is 3.16. The Bertz CT molecular complexity index is 525. The largest absolute Gasteiger partial charge is 0.478 e. The smallest absolute Gasteiger partial charge is 0.416 e. The molecule has 0 fully saturated rings. The van der Waals surface area contributed by atoms with Gasteiger partial charge in [-0.15, -0.1) is 0 Å². The Morgan fingerprint density at radius 1 is 1.29 bits per heavy atom. The van der Waals surface area contributed by atoms with Gasteiger partial charge >= 0.3 is 12.1 Å². The number of nitrogens with zero attached hydrogens (tertiary/aromatic N) is 1. The van der Waals surface area contributed by atoms with Crippen molar-refractivity contribution in [3.8, 4) is 0 Å². The van der Waals surface area contributed by atoms with Crippen LogP contribution in [0.3, 0.4) is 0 Å². The summed E-state index contributed by atoms with van der Waals surface area (Å²) in [7, 11) is 3.74. The van der Waals surface area contributed by atoms with E-state index in [2.05, 4.69) is 5.32 Å². The van der Waals surface area contributed by atoms with Gasteiger partial charge in [0.05, 0.1) is 11.1 Å². The minimum Gasteiger partial charge on any atom is -0.478 e. The third-order valence-electron chi connectivity index (χ3n) is 3.50. The van der Waals surface area contributed by atoms with Gasteiger partial charge < -0.3 is 15.3 Å². The van der Waals surface area contributed by atoms with Crippen LogP contribution in [0.1, 0.15) is 29.8 Å². The third-order valence-corrected chi connectivity index (χ3v) is 3.50. The lowest BCUT2D eigenvalue weighted by molar-refractivity contribution is -0.137. The molecule has 0 aliphatic rings.